The summed E-state index contributed by atoms with van der Waals surface area (Å²) in [6.45, 7) is 8.14. The van der Waals surface area contributed by atoms with Crippen LogP contribution in [-0.2, 0) is 4.79 Å². The second-order valence-electron chi connectivity index (χ2n) is 4.02. The monoisotopic (exact) mass is 250 g/mol. The minimum Gasteiger partial charge on any atom is -0.465 e. The molecule has 0 bridgehead atoms. The van der Waals surface area contributed by atoms with Gasteiger partial charge in [-0.05, 0) is 44.3 Å². The van der Waals surface area contributed by atoms with Crippen LogP contribution in [0.25, 0.3) is 6.08 Å². The van der Waals surface area contributed by atoms with Gasteiger partial charge in [0.25, 0.3) is 0 Å². The molecular weight excluding hydrogens is 228 g/mol. The molecule has 1 N–H and O–H groups in total. The summed E-state index contributed by atoms with van der Waals surface area (Å²) >= 11 is 0. The Bertz CT molecular complexity index is 354. The highest BCUT2D eigenvalue weighted by molar-refractivity contribution is 5.91. The number of hydrogen-bond acceptors (Lipinski definition) is 3. The van der Waals surface area contributed by atoms with Gasteiger partial charge in [-0.15, -0.1) is 0 Å². The Morgan fingerprint density at radius 1 is 1.44 bits per heavy atom. The van der Waals surface area contributed by atoms with E-state index in [4.69, 9.17) is 4.42 Å². The summed E-state index contributed by atoms with van der Waals surface area (Å²) in [4.78, 5) is 13.8. The van der Waals surface area contributed by atoms with Crippen molar-refractivity contribution in [3.05, 3.63) is 30.2 Å². The van der Waals surface area contributed by atoms with E-state index in [-0.39, 0.29) is 5.91 Å². The van der Waals surface area contributed by atoms with Gasteiger partial charge in [-0.25, -0.2) is 0 Å². The third-order valence-corrected chi connectivity index (χ3v) is 2.79. The summed E-state index contributed by atoms with van der Waals surface area (Å²) in [5, 5.41) is 2.85. The molecule has 1 aromatic heterocycles. The maximum absolute atomic E-state index is 11.5. The van der Waals surface area contributed by atoms with Gasteiger partial charge in [-0.2, -0.15) is 0 Å². The SMILES string of the molecule is CCN(CC)CCCNC(=O)/C=C/c1ccco1. The number of hydrogen-bond donors (Lipinski definition) is 1. The van der Waals surface area contributed by atoms with Gasteiger partial charge in [0.1, 0.15) is 5.76 Å². The van der Waals surface area contributed by atoms with Gasteiger partial charge < -0.3 is 14.6 Å². The minimum atomic E-state index is -0.0778. The van der Waals surface area contributed by atoms with Crippen molar-refractivity contribution in [1.29, 1.82) is 0 Å². The molecule has 0 saturated carbocycles. The fourth-order valence-electron chi connectivity index (χ4n) is 1.66. The van der Waals surface area contributed by atoms with Gasteiger partial charge in [0.05, 0.1) is 6.26 Å². The van der Waals surface area contributed by atoms with Crippen molar-refractivity contribution < 1.29 is 9.21 Å². The van der Waals surface area contributed by atoms with Crippen LogP contribution in [0.15, 0.2) is 28.9 Å². The molecule has 0 aromatic carbocycles. The summed E-state index contributed by atoms with van der Waals surface area (Å²) in [6.07, 6.45) is 5.72. The first-order valence-electron chi connectivity index (χ1n) is 6.48. The molecule has 1 aromatic rings. The zero-order valence-electron chi connectivity index (χ0n) is 11.2. The molecule has 0 spiro atoms. The van der Waals surface area contributed by atoms with Crippen LogP contribution in [0.4, 0.5) is 0 Å². The van der Waals surface area contributed by atoms with Crippen molar-refractivity contribution in [2.45, 2.75) is 20.3 Å². The number of rotatable bonds is 8. The predicted octanol–water partition coefficient (Wildman–Crippen LogP) is 2.14. The lowest BCUT2D eigenvalue weighted by atomic mass is 10.3. The molecule has 100 valence electrons. The van der Waals surface area contributed by atoms with E-state index in [2.05, 4.69) is 24.1 Å². The molecule has 4 nitrogen and oxygen atoms in total. The van der Waals surface area contributed by atoms with E-state index in [1.54, 1.807) is 18.4 Å². The van der Waals surface area contributed by atoms with Crippen LogP contribution >= 0.6 is 0 Å². The zero-order chi connectivity index (χ0) is 13.2. The molecule has 0 aliphatic rings. The highest BCUT2D eigenvalue weighted by Crippen LogP contribution is 2.01. The summed E-state index contributed by atoms with van der Waals surface area (Å²) in [6, 6.07) is 3.60. The maximum Gasteiger partial charge on any atom is 0.244 e. The highest BCUT2D eigenvalue weighted by Gasteiger charge is 1.99. The summed E-state index contributed by atoms with van der Waals surface area (Å²) in [5.74, 6) is 0.610. The molecule has 1 amide bonds. The summed E-state index contributed by atoms with van der Waals surface area (Å²) < 4.78 is 5.10. The second kappa shape index (κ2) is 8.53. The van der Waals surface area contributed by atoms with Gasteiger partial charge >= 0.3 is 0 Å². The average molecular weight is 250 g/mol. The Kier molecular flexibility index (Phi) is 6.87. The molecule has 0 saturated heterocycles. The van der Waals surface area contributed by atoms with E-state index in [0.717, 1.165) is 26.1 Å². The molecule has 0 fully saturated rings. The van der Waals surface area contributed by atoms with Crippen molar-refractivity contribution in [1.82, 2.24) is 10.2 Å². The van der Waals surface area contributed by atoms with Crippen LogP contribution in [0.5, 0.6) is 0 Å². The standard InChI is InChI=1S/C14H22N2O2/c1-3-16(4-2)11-6-10-15-14(17)9-8-13-7-5-12-18-13/h5,7-9,12H,3-4,6,10-11H2,1-2H3,(H,15,17)/b9-8+. The lowest BCUT2D eigenvalue weighted by Crippen LogP contribution is -2.29. The molecule has 0 radical (unpaired) electrons. The largest absolute Gasteiger partial charge is 0.465 e. The Hall–Kier alpha value is -1.55. The lowest BCUT2D eigenvalue weighted by molar-refractivity contribution is -0.116. The van der Waals surface area contributed by atoms with E-state index >= 15 is 0 Å². The number of carbonyl (C=O) groups is 1. The van der Waals surface area contributed by atoms with Crippen LogP contribution in [0.3, 0.4) is 0 Å². The van der Waals surface area contributed by atoms with Crippen molar-refractivity contribution in [2.75, 3.05) is 26.2 Å². The average Bonchev–Trinajstić information content (AvgIpc) is 2.90. The summed E-state index contributed by atoms with van der Waals surface area (Å²) in [5.41, 5.74) is 0. The van der Waals surface area contributed by atoms with Crippen LogP contribution in [-0.4, -0.2) is 37.0 Å². The minimum absolute atomic E-state index is 0.0778. The molecular formula is C14H22N2O2. The molecule has 0 atom stereocenters. The Morgan fingerprint density at radius 3 is 2.83 bits per heavy atom. The van der Waals surface area contributed by atoms with Crippen LogP contribution < -0.4 is 5.32 Å². The molecule has 18 heavy (non-hydrogen) atoms. The molecule has 1 rings (SSSR count). The maximum atomic E-state index is 11.5. The van der Waals surface area contributed by atoms with Crippen LogP contribution in [0, 0.1) is 0 Å². The van der Waals surface area contributed by atoms with Gasteiger partial charge in [0.15, 0.2) is 0 Å². The third kappa shape index (κ3) is 5.68. The fraction of sp³-hybridized carbons (Fsp3) is 0.500. The second-order valence-corrected chi connectivity index (χ2v) is 4.02. The van der Waals surface area contributed by atoms with Crippen molar-refractivity contribution >= 4 is 12.0 Å². The van der Waals surface area contributed by atoms with Crippen molar-refractivity contribution in [3.8, 4) is 0 Å². The Morgan fingerprint density at radius 2 is 2.22 bits per heavy atom. The highest BCUT2D eigenvalue weighted by atomic mass is 16.3. The topological polar surface area (TPSA) is 45.5 Å². The number of nitrogens with zero attached hydrogens (tertiary/aromatic N) is 1. The van der Waals surface area contributed by atoms with Crippen LogP contribution in [0.1, 0.15) is 26.0 Å². The Labute approximate surface area is 109 Å². The van der Waals surface area contributed by atoms with E-state index in [0.29, 0.717) is 12.3 Å². The number of furan rings is 1. The first-order valence-corrected chi connectivity index (χ1v) is 6.48. The number of nitrogens with one attached hydrogen (secondary N) is 1. The third-order valence-electron chi connectivity index (χ3n) is 2.79. The van der Waals surface area contributed by atoms with Gasteiger partial charge in [-0.3, -0.25) is 4.79 Å². The summed E-state index contributed by atoms with van der Waals surface area (Å²) in [7, 11) is 0. The van der Waals surface area contributed by atoms with Crippen molar-refractivity contribution in [3.63, 3.8) is 0 Å². The van der Waals surface area contributed by atoms with Gasteiger partial charge in [0.2, 0.25) is 5.91 Å². The molecule has 0 aliphatic carbocycles. The van der Waals surface area contributed by atoms with Gasteiger partial charge in [-0.1, -0.05) is 13.8 Å². The molecule has 0 unspecified atom stereocenters. The van der Waals surface area contributed by atoms with Crippen LogP contribution in [0.2, 0.25) is 0 Å². The molecule has 1 heterocycles. The Balaban J connectivity index is 2.14. The zero-order valence-corrected chi connectivity index (χ0v) is 11.2. The number of amides is 1. The fourth-order valence-corrected chi connectivity index (χ4v) is 1.66. The van der Waals surface area contributed by atoms with Crippen molar-refractivity contribution in [2.24, 2.45) is 0 Å². The normalized spacial score (nSPS) is 11.3. The van der Waals surface area contributed by atoms with Gasteiger partial charge in [0, 0.05) is 12.6 Å². The first-order chi connectivity index (χ1) is 8.76. The number of carbonyl (C=O) groups excluding carboxylic acids is 1. The molecule has 4 heteroatoms. The van der Waals surface area contributed by atoms with E-state index in [1.165, 1.54) is 6.08 Å². The van der Waals surface area contributed by atoms with E-state index < -0.39 is 0 Å². The lowest BCUT2D eigenvalue weighted by Gasteiger charge is -2.17. The quantitative estimate of drug-likeness (QED) is 0.568. The van der Waals surface area contributed by atoms with E-state index in [1.807, 2.05) is 6.07 Å². The predicted molar refractivity (Wildman–Crippen MR) is 73.2 cm³/mol. The first kappa shape index (κ1) is 14.5. The molecule has 0 aliphatic heterocycles. The smallest absolute Gasteiger partial charge is 0.244 e. The van der Waals surface area contributed by atoms with E-state index in [9.17, 15) is 4.79 Å².